The molecule has 1 heterocycles. The molecule has 2 aliphatic rings. The van der Waals surface area contributed by atoms with Gasteiger partial charge in [0.15, 0.2) is 0 Å². The number of amides is 1. The third-order valence-corrected chi connectivity index (χ3v) is 4.90. The monoisotopic (exact) mass is 252 g/mol. The topological polar surface area (TPSA) is 46.3 Å². The molecule has 3 heteroatoms. The van der Waals surface area contributed by atoms with Gasteiger partial charge in [0.1, 0.15) is 0 Å². The number of carbonyl (C=O) groups excluding carboxylic acids is 1. The molecule has 2 fully saturated rings. The quantitative estimate of drug-likeness (QED) is 0.835. The number of carbonyl (C=O) groups is 1. The van der Waals surface area contributed by atoms with Crippen molar-refractivity contribution in [3.8, 4) is 0 Å². The highest BCUT2D eigenvalue weighted by Gasteiger charge is 2.35. The number of piperidine rings is 1. The second-order valence-electron chi connectivity index (χ2n) is 6.09. The van der Waals surface area contributed by atoms with Gasteiger partial charge in [0.2, 0.25) is 5.91 Å². The summed E-state index contributed by atoms with van der Waals surface area (Å²) >= 11 is 0. The van der Waals surface area contributed by atoms with Crippen LogP contribution in [0.4, 0.5) is 0 Å². The zero-order chi connectivity index (χ0) is 13.0. The summed E-state index contributed by atoms with van der Waals surface area (Å²) in [6, 6.07) is 0. The molecule has 104 valence electrons. The average molecular weight is 252 g/mol. The Morgan fingerprint density at radius 2 is 1.94 bits per heavy atom. The molecule has 0 radical (unpaired) electrons. The predicted octanol–water partition coefficient (Wildman–Crippen LogP) is 2.40. The van der Waals surface area contributed by atoms with Crippen LogP contribution in [0.2, 0.25) is 0 Å². The average Bonchev–Trinajstić information content (AvgIpc) is 2.87. The molecule has 0 aromatic carbocycles. The van der Waals surface area contributed by atoms with E-state index >= 15 is 0 Å². The molecule has 1 amide bonds. The first-order chi connectivity index (χ1) is 8.76. The highest BCUT2D eigenvalue weighted by Crippen LogP contribution is 2.33. The Balaban J connectivity index is 1.83. The van der Waals surface area contributed by atoms with Gasteiger partial charge in [0.05, 0.1) is 0 Å². The van der Waals surface area contributed by atoms with E-state index in [1.54, 1.807) is 0 Å². The standard InChI is InChI=1S/C15H28N2O/c1-2-4-12-7-9-17(10-8-12)15(18)14-6-3-5-13(14)11-16/h12-14H,2-11,16H2,1H3. The second kappa shape index (κ2) is 6.55. The number of hydrogen-bond donors (Lipinski definition) is 1. The summed E-state index contributed by atoms with van der Waals surface area (Å²) in [7, 11) is 0. The lowest BCUT2D eigenvalue weighted by molar-refractivity contribution is -0.138. The Kier molecular flexibility index (Phi) is 5.04. The van der Waals surface area contributed by atoms with Crippen LogP contribution in [0.1, 0.15) is 51.9 Å². The van der Waals surface area contributed by atoms with Gasteiger partial charge >= 0.3 is 0 Å². The molecular formula is C15H28N2O. The Morgan fingerprint density at radius 1 is 1.22 bits per heavy atom. The Hall–Kier alpha value is -0.570. The summed E-state index contributed by atoms with van der Waals surface area (Å²) in [5, 5.41) is 0. The van der Waals surface area contributed by atoms with Crippen molar-refractivity contribution < 1.29 is 4.79 Å². The lowest BCUT2D eigenvalue weighted by Crippen LogP contribution is -2.43. The molecule has 1 aliphatic carbocycles. The van der Waals surface area contributed by atoms with Crippen molar-refractivity contribution in [2.45, 2.75) is 51.9 Å². The Bertz CT molecular complexity index is 272. The lowest BCUT2D eigenvalue weighted by Gasteiger charge is -2.34. The van der Waals surface area contributed by atoms with E-state index in [4.69, 9.17) is 5.73 Å². The molecule has 1 aliphatic heterocycles. The molecule has 2 unspecified atom stereocenters. The third kappa shape index (κ3) is 3.05. The van der Waals surface area contributed by atoms with Gasteiger partial charge in [-0.15, -0.1) is 0 Å². The third-order valence-electron chi connectivity index (χ3n) is 4.90. The zero-order valence-corrected chi connectivity index (χ0v) is 11.7. The Morgan fingerprint density at radius 3 is 2.56 bits per heavy atom. The van der Waals surface area contributed by atoms with E-state index in [-0.39, 0.29) is 5.92 Å². The maximum absolute atomic E-state index is 12.5. The van der Waals surface area contributed by atoms with Gasteiger partial charge in [-0.2, -0.15) is 0 Å². The minimum absolute atomic E-state index is 0.234. The molecule has 2 atom stereocenters. The summed E-state index contributed by atoms with van der Waals surface area (Å²) in [5.74, 6) is 1.94. The highest BCUT2D eigenvalue weighted by atomic mass is 16.2. The van der Waals surface area contributed by atoms with Crippen molar-refractivity contribution in [2.24, 2.45) is 23.5 Å². The normalized spacial score (nSPS) is 29.8. The minimum Gasteiger partial charge on any atom is -0.342 e. The van der Waals surface area contributed by atoms with Crippen LogP contribution in [0, 0.1) is 17.8 Å². The molecule has 0 aromatic rings. The van der Waals surface area contributed by atoms with Crippen LogP contribution in [0.5, 0.6) is 0 Å². The van der Waals surface area contributed by atoms with Gasteiger partial charge in [-0.1, -0.05) is 26.2 Å². The maximum atomic E-state index is 12.5. The van der Waals surface area contributed by atoms with E-state index < -0.39 is 0 Å². The summed E-state index contributed by atoms with van der Waals surface area (Å²) in [5.41, 5.74) is 5.78. The van der Waals surface area contributed by atoms with E-state index in [2.05, 4.69) is 11.8 Å². The van der Waals surface area contributed by atoms with Gasteiger partial charge in [0.25, 0.3) is 0 Å². The molecule has 2 rings (SSSR count). The largest absolute Gasteiger partial charge is 0.342 e. The number of hydrogen-bond acceptors (Lipinski definition) is 2. The summed E-state index contributed by atoms with van der Waals surface area (Å²) in [6.45, 7) is 4.90. The van der Waals surface area contributed by atoms with E-state index in [0.717, 1.165) is 31.8 Å². The minimum atomic E-state index is 0.234. The molecular weight excluding hydrogens is 224 g/mol. The first-order valence-corrected chi connectivity index (χ1v) is 7.75. The number of nitrogens with two attached hydrogens (primary N) is 1. The van der Waals surface area contributed by atoms with Crippen molar-refractivity contribution in [3.63, 3.8) is 0 Å². The smallest absolute Gasteiger partial charge is 0.226 e. The Labute approximate surface area is 111 Å². The van der Waals surface area contributed by atoms with Crippen LogP contribution < -0.4 is 5.73 Å². The highest BCUT2D eigenvalue weighted by molar-refractivity contribution is 5.79. The van der Waals surface area contributed by atoms with Crippen molar-refractivity contribution in [1.29, 1.82) is 0 Å². The van der Waals surface area contributed by atoms with Crippen molar-refractivity contribution in [1.82, 2.24) is 4.90 Å². The molecule has 3 nitrogen and oxygen atoms in total. The number of rotatable bonds is 4. The zero-order valence-electron chi connectivity index (χ0n) is 11.7. The summed E-state index contributed by atoms with van der Waals surface area (Å²) in [4.78, 5) is 14.6. The molecule has 0 bridgehead atoms. The summed E-state index contributed by atoms with van der Waals surface area (Å²) in [6.07, 6.45) is 8.42. The van der Waals surface area contributed by atoms with Gasteiger partial charge in [-0.25, -0.2) is 0 Å². The van der Waals surface area contributed by atoms with Crippen LogP contribution in [0.15, 0.2) is 0 Å². The van der Waals surface area contributed by atoms with Crippen LogP contribution in [-0.4, -0.2) is 30.4 Å². The second-order valence-corrected chi connectivity index (χ2v) is 6.09. The van der Waals surface area contributed by atoms with Crippen LogP contribution in [0.25, 0.3) is 0 Å². The number of nitrogens with zero attached hydrogens (tertiary/aromatic N) is 1. The first kappa shape index (κ1) is 13.9. The molecule has 1 saturated heterocycles. The number of likely N-dealkylation sites (tertiary alicyclic amines) is 1. The molecule has 0 aromatic heterocycles. The fourth-order valence-corrected chi connectivity index (χ4v) is 3.73. The van der Waals surface area contributed by atoms with E-state index in [1.165, 1.54) is 32.1 Å². The predicted molar refractivity (Wildman–Crippen MR) is 74.1 cm³/mol. The van der Waals surface area contributed by atoms with Crippen LogP contribution in [0.3, 0.4) is 0 Å². The van der Waals surface area contributed by atoms with Crippen molar-refractivity contribution >= 4 is 5.91 Å². The van der Waals surface area contributed by atoms with Crippen molar-refractivity contribution in [2.75, 3.05) is 19.6 Å². The van der Waals surface area contributed by atoms with Crippen molar-refractivity contribution in [3.05, 3.63) is 0 Å². The fourth-order valence-electron chi connectivity index (χ4n) is 3.73. The van der Waals surface area contributed by atoms with E-state index in [1.807, 2.05) is 0 Å². The lowest BCUT2D eigenvalue weighted by atomic mass is 9.90. The first-order valence-electron chi connectivity index (χ1n) is 7.75. The SMILES string of the molecule is CCCC1CCN(C(=O)C2CCCC2CN)CC1. The van der Waals surface area contributed by atoms with Gasteiger partial charge in [-0.3, -0.25) is 4.79 Å². The van der Waals surface area contributed by atoms with E-state index in [0.29, 0.717) is 18.4 Å². The van der Waals surface area contributed by atoms with Gasteiger partial charge < -0.3 is 10.6 Å². The molecule has 1 saturated carbocycles. The fraction of sp³-hybridized carbons (Fsp3) is 0.933. The van der Waals surface area contributed by atoms with Crippen LogP contribution >= 0.6 is 0 Å². The molecule has 2 N–H and O–H groups in total. The van der Waals surface area contributed by atoms with Gasteiger partial charge in [0, 0.05) is 19.0 Å². The maximum Gasteiger partial charge on any atom is 0.226 e. The van der Waals surface area contributed by atoms with Gasteiger partial charge in [-0.05, 0) is 44.1 Å². The molecule has 18 heavy (non-hydrogen) atoms. The molecule has 0 spiro atoms. The van der Waals surface area contributed by atoms with E-state index in [9.17, 15) is 4.79 Å². The summed E-state index contributed by atoms with van der Waals surface area (Å²) < 4.78 is 0. The van der Waals surface area contributed by atoms with Crippen LogP contribution in [-0.2, 0) is 4.79 Å².